The van der Waals surface area contributed by atoms with Crippen LogP contribution in [0.3, 0.4) is 0 Å². The van der Waals surface area contributed by atoms with Gasteiger partial charge in [0.25, 0.3) is 5.91 Å². The van der Waals surface area contributed by atoms with Crippen molar-refractivity contribution in [2.45, 2.75) is 0 Å². The zero-order valence-electron chi connectivity index (χ0n) is 6.17. The van der Waals surface area contributed by atoms with Gasteiger partial charge < -0.3 is 11.2 Å². The number of rotatable bonds is 2. The zero-order chi connectivity index (χ0) is 9.14. The second-order valence-electron chi connectivity index (χ2n) is 2.20. The summed E-state index contributed by atoms with van der Waals surface area (Å²) >= 11 is 5.64. The van der Waals surface area contributed by atoms with E-state index < -0.39 is 5.91 Å². The molecule has 0 aliphatic heterocycles. The topological polar surface area (TPSA) is 81.1 Å². The molecule has 0 fully saturated rings. The van der Waals surface area contributed by atoms with Crippen LogP contribution in [0.2, 0.25) is 5.02 Å². The fraction of sp³-hybridized carbons (Fsp3) is 0. The third-order valence-corrected chi connectivity index (χ3v) is 1.64. The van der Waals surface area contributed by atoms with Gasteiger partial charge >= 0.3 is 0 Å². The van der Waals surface area contributed by atoms with E-state index >= 15 is 0 Å². The van der Waals surface area contributed by atoms with Crippen molar-refractivity contribution in [2.24, 2.45) is 11.6 Å². The van der Waals surface area contributed by atoms with Gasteiger partial charge in [0.2, 0.25) is 0 Å². The van der Waals surface area contributed by atoms with Crippen LogP contribution in [0.5, 0.6) is 0 Å². The molecule has 0 spiro atoms. The maximum Gasteiger partial charge on any atom is 0.250 e. The molecule has 1 rings (SSSR count). The predicted molar refractivity (Wildman–Crippen MR) is 47.8 cm³/mol. The highest BCUT2D eigenvalue weighted by Gasteiger charge is 2.06. The largest absolute Gasteiger partial charge is 0.366 e. The molecular weight excluding hydrogens is 178 g/mol. The number of nitrogens with two attached hydrogens (primary N) is 2. The van der Waals surface area contributed by atoms with Gasteiger partial charge in [-0.05, 0) is 18.2 Å². The lowest BCUT2D eigenvalue weighted by atomic mass is 10.2. The molecule has 0 saturated carbocycles. The maximum atomic E-state index is 10.8. The molecule has 0 saturated heterocycles. The lowest BCUT2D eigenvalue weighted by molar-refractivity contribution is 0.100. The van der Waals surface area contributed by atoms with E-state index in [9.17, 15) is 4.79 Å². The fourth-order valence-electron chi connectivity index (χ4n) is 0.846. The fourth-order valence-corrected chi connectivity index (χ4v) is 1.02. The molecule has 0 heterocycles. The number of benzene rings is 1. The highest BCUT2D eigenvalue weighted by Crippen LogP contribution is 2.18. The van der Waals surface area contributed by atoms with Crippen molar-refractivity contribution >= 4 is 23.2 Å². The first-order valence-corrected chi connectivity index (χ1v) is 3.59. The number of hydrazine groups is 1. The number of amides is 1. The molecule has 0 unspecified atom stereocenters. The van der Waals surface area contributed by atoms with Crippen LogP contribution in [-0.2, 0) is 0 Å². The third-order valence-electron chi connectivity index (χ3n) is 1.40. The van der Waals surface area contributed by atoms with Crippen LogP contribution >= 0.6 is 11.6 Å². The van der Waals surface area contributed by atoms with Crippen molar-refractivity contribution in [3.63, 3.8) is 0 Å². The normalized spacial score (nSPS) is 9.50. The summed E-state index contributed by atoms with van der Waals surface area (Å²) in [5.74, 6) is 4.57. The maximum absolute atomic E-state index is 10.8. The molecule has 0 aliphatic carbocycles. The van der Waals surface area contributed by atoms with Gasteiger partial charge in [-0.2, -0.15) is 0 Å². The average Bonchev–Trinajstić information content (AvgIpc) is 2.04. The van der Waals surface area contributed by atoms with E-state index in [1.807, 2.05) is 0 Å². The van der Waals surface area contributed by atoms with Crippen LogP contribution in [0.1, 0.15) is 10.4 Å². The number of nitrogen functional groups attached to an aromatic ring is 1. The lowest BCUT2D eigenvalue weighted by Crippen LogP contribution is -2.17. The van der Waals surface area contributed by atoms with E-state index in [-0.39, 0.29) is 5.56 Å². The van der Waals surface area contributed by atoms with Crippen LogP contribution in [0.25, 0.3) is 0 Å². The summed E-state index contributed by atoms with van der Waals surface area (Å²) in [6.07, 6.45) is 0. The molecule has 1 aromatic rings. The number of primary amides is 1. The van der Waals surface area contributed by atoms with Crippen LogP contribution < -0.4 is 17.0 Å². The van der Waals surface area contributed by atoms with Gasteiger partial charge in [0.15, 0.2) is 0 Å². The van der Waals surface area contributed by atoms with Crippen molar-refractivity contribution in [3.8, 4) is 0 Å². The summed E-state index contributed by atoms with van der Waals surface area (Å²) in [5, 5.41) is 0.447. The Morgan fingerprint density at radius 3 is 2.67 bits per heavy atom. The summed E-state index contributed by atoms with van der Waals surface area (Å²) < 4.78 is 0. The second-order valence-corrected chi connectivity index (χ2v) is 2.63. The summed E-state index contributed by atoms with van der Waals surface area (Å²) in [6.45, 7) is 0. The number of anilines is 1. The van der Waals surface area contributed by atoms with Crippen molar-refractivity contribution < 1.29 is 4.79 Å². The van der Waals surface area contributed by atoms with E-state index in [1.54, 1.807) is 12.1 Å². The highest BCUT2D eigenvalue weighted by atomic mass is 35.5. The van der Waals surface area contributed by atoms with E-state index in [0.717, 1.165) is 0 Å². The van der Waals surface area contributed by atoms with Crippen molar-refractivity contribution in [2.75, 3.05) is 5.43 Å². The summed E-state index contributed by atoms with van der Waals surface area (Å²) in [4.78, 5) is 10.8. The van der Waals surface area contributed by atoms with E-state index in [2.05, 4.69) is 5.43 Å². The third kappa shape index (κ3) is 1.66. The molecule has 0 radical (unpaired) electrons. The molecule has 0 bridgehead atoms. The Balaban J connectivity index is 3.21. The average molecular weight is 186 g/mol. The first kappa shape index (κ1) is 8.83. The SMILES string of the molecule is NNc1ccc(Cl)cc1C(N)=O. The molecule has 64 valence electrons. The molecule has 5 N–H and O–H groups in total. The monoisotopic (exact) mass is 185 g/mol. The number of carbonyl (C=O) groups excluding carboxylic acids is 1. The summed E-state index contributed by atoms with van der Waals surface area (Å²) in [5.41, 5.74) is 8.16. The number of carbonyl (C=O) groups is 1. The molecule has 0 atom stereocenters. The first-order chi connectivity index (χ1) is 5.65. The predicted octanol–water partition coefficient (Wildman–Crippen LogP) is 0.725. The number of halogens is 1. The van der Waals surface area contributed by atoms with Crippen molar-refractivity contribution in [3.05, 3.63) is 28.8 Å². The highest BCUT2D eigenvalue weighted by molar-refractivity contribution is 6.31. The molecule has 4 nitrogen and oxygen atoms in total. The Labute approximate surface area is 74.5 Å². The number of hydrogen-bond donors (Lipinski definition) is 3. The van der Waals surface area contributed by atoms with Crippen LogP contribution in [-0.4, -0.2) is 5.91 Å². The van der Waals surface area contributed by atoms with E-state index in [4.69, 9.17) is 23.2 Å². The Hall–Kier alpha value is -1.26. The van der Waals surface area contributed by atoms with Crippen LogP contribution in [0, 0.1) is 0 Å². The lowest BCUT2D eigenvalue weighted by Gasteiger charge is -2.04. The molecular formula is C7H8ClN3O. The Morgan fingerprint density at radius 1 is 1.50 bits per heavy atom. The standard InChI is InChI=1S/C7H8ClN3O/c8-4-1-2-6(11-10)5(3-4)7(9)12/h1-3,11H,10H2,(H2,9,12). The summed E-state index contributed by atoms with van der Waals surface area (Å²) in [6, 6.07) is 4.66. The quantitative estimate of drug-likeness (QED) is 0.469. The molecule has 1 aromatic carbocycles. The zero-order valence-corrected chi connectivity index (χ0v) is 6.93. The van der Waals surface area contributed by atoms with Gasteiger partial charge in [-0.15, -0.1) is 0 Å². The number of nitrogens with one attached hydrogen (secondary N) is 1. The van der Waals surface area contributed by atoms with Crippen LogP contribution in [0.15, 0.2) is 18.2 Å². The van der Waals surface area contributed by atoms with Gasteiger partial charge in [0, 0.05) is 5.02 Å². The van der Waals surface area contributed by atoms with Gasteiger partial charge in [-0.3, -0.25) is 10.6 Å². The molecule has 1 amide bonds. The van der Waals surface area contributed by atoms with Gasteiger partial charge in [-0.1, -0.05) is 11.6 Å². The molecule has 5 heteroatoms. The Bertz CT molecular complexity index is 314. The Kier molecular flexibility index (Phi) is 2.52. The van der Waals surface area contributed by atoms with Gasteiger partial charge in [0.05, 0.1) is 11.3 Å². The van der Waals surface area contributed by atoms with Crippen molar-refractivity contribution in [1.29, 1.82) is 0 Å². The minimum absolute atomic E-state index is 0.282. The second kappa shape index (κ2) is 3.42. The van der Waals surface area contributed by atoms with E-state index in [0.29, 0.717) is 10.7 Å². The Morgan fingerprint density at radius 2 is 2.17 bits per heavy atom. The van der Waals surface area contributed by atoms with Gasteiger partial charge in [0.1, 0.15) is 0 Å². The minimum Gasteiger partial charge on any atom is -0.366 e. The minimum atomic E-state index is -0.564. The summed E-state index contributed by atoms with van der Waals surface area (Å²) in [7, 11) is 0. The molecule has 12 heavy (non-hydrogen) atoms. The first-order valence-electron chi connectivity index (χ1n) is 3.21. The smallest absolute Gasteiger partial charge is 0.250 e. The van der Waals surface area contributed by atoms with E-state index in [1.165, 1.54) is 6.07 Å². The molecule has 0 aliphatic rings. The molecule has 0 aromatic heterocycles. The van der Waals surface area contributed by atoms with Crippen molar-refractivity contribution in [1.82, 2.24) is 0 Å². The number of hydrogen-bond acceptors (Lipinski definition) is 3. The van der Waals surface area contributed by atoms with Gasteiger partial charge in [-0.25, -0.2) is 0 Å². The van der Waals surface area contributed by atoms with Crippen LogP contribution in [0.4, 0.5) is 5.69 Å².